The van der Waals surface area contributed by atoms with Gasteiger partial charge in [-0.05, 0) is 16.5 Å². The van der Waals surface area contributed by atoms with Crippen LogP contribution >= 0.6 is 0 Å². The normalized spacial score (nSPS) is 16.9. The average Bonchev–Trinajstić information content (AvgIpc) is 2.89. The van der Waals surface area contributed by atoms with E-state index in [1.807, 2.05) is 41.3 Å². The summed E-state index contributed by atoms with van der Waals surface area (Å²) in [5.74, 6) is -0.0750. The Bertz CT molecular complexity index is 1180. The third-order valence-electron chi connectivity index (χ3n) is 6.48. The van der Waals surface area contributed by atoms with Crippen molar-refractivity contribution in [3.05, 3.63) is 114 Å². The van der Waals surface area contributed by atoms with Gasteiger partial charge in [-0.25, -0.2) is 0 Å². The molecule has 1 saturated heterocycles. The van der Waals surface area contributed by atoms with Gasteiger partial charge in [0.05, 0.1) is 24.3 Å². The van der Waals surface area contributed by atoms with Crippen LogP contribution in [0.1, 0.15) is 27.5 Å². The zero-order valence-corrected chi connectivity index (χ0v) is 18.4. The van der Waals surface area contributed by atoms with Crippen LogP contribution in [-0.2, 0) is 0 Å². The molecule has 1 N–H and O–H groups in total. The summed E-state index contributed by atoms with van der Waals surface area (Å²) >= 11 is 0. The number of hydrogen-bond donors (Lipinski definition) is 1. The minimum absolute atomic E-state index is 0.0675. The molecule has 2 heterocycles. The number of piperazine rings is 1. The zero-order chi connectivity index (χ0) is 22.6. The third kappa shape index (κ3) is 4.25. The zero-order valence-electron chi connectivity index (χ0n) is 18.4. The van der Waals surface area contributed by atoms with Crippen LogP contribution < -0.4 is 0 Å². The van der Waals surface area contributed by atoms with Crippen molar-refractivity contribution < 1.29 is 9.90 Å². The lowest BCUT2D eigenvalue weighted by atomic mass is 9.95. The number of hydrogen-bond acceptors (Lipinski definition) is 4. The Morgan fingerprint density at radius 1 is 0.879 bits per heavy atom. The molecule has 0 saturated carbocycles. The molecule has 1 amide bonds. The van der Waals surface area contributed by atoms with Crippen LogP contribution in [0.5, 0.6) is 0 Å². The van der Waals surface area contributed by atoms with Gasteiger partial charge in [0.1, 0.15) is 0 Å². The molecule has 3 aromatic carbocycles. The van der Waals surface area contributed by atoms with Gasteiger partial charge in [0.25, 0.3) is 5.91 Å². The Labute approximate surface area is 193 Å². The molecule has 0 unspecified atom stereocenters. The van der Waals surface area contributed by atoms with Crippen LogP contribution in [0.25, 0.3) is 10.8 Å². The van der Waals surface area contributed by atoms with Crippen LogP contribution in [0, 0.1) is 0 Å². The van der Waals surface area contributed by atoms with E-state index in [9.17, 15) is 9.90 Å². The van der Waals surface area contributed by atoms with E-state index in [2.05, 4.69) is 58.4 Å². The number of fused-ring (bicyclic) bond motifs is 1. The van der Waals surface area contributed by atoms with E-state index in [4.69, 9.17) is 0 Å². The average molecular weight is 438 g/mol. The number of aliphatic hydroxyl groups excluding tert-OH is 1. The summed E-state index contributed by atoms with van der Waals surface area (Å²) in [5, 5.41) is 12.1. The fourth-order valence-corrected chi connectivity index (χ4v) is 4.86. The molecule has 33 heavy (non-hydrogen) atoms. The van der Waals surface area contributed by atoms with Gasteiger partial charge in [0, 0.05) is 37.4 Å². The van der Waals surface area contributed by atoms with Gasteiger partial charge in [0.2, 0.25) is 0 Å². The molecule has 4 aromatic rings. The van der Waals surface area contributed by atoms with Crippen molar-refractivity contribution in [3.63, 3.8) is 0 Å². The number of amides is 1. The highest BCUT2D eigenvalue weighted by molar-refractivity contribution is 6.06. The Kier molecular flexibility index (Phi) is 6.15. The van der Waals surface area contributed by atoms with Gasteiger partial charge >= 0.3 is 0 Å². The SMILES string of the molecule is O=C(c1cncc2ccccc12)N1CCN(C(c2ccccc2)c2ccccc2)C[C@@H]1CO. The molecule has 166 valence electrons. The smallest absolute Gasteiger partial charge is 0.256 e. The predicted octanol–water partition coefficient (Wildman–Crippen LogP) is 4.14. The van der Waals surface area contributed by atoms with E-state index in [1.165, 1.54) is 11.1 Å². The summed E-state index contributed by atoms with van der Waals surface area (Å²) in [4.78, 5) is 22.0. The van der Waals surface area contributed by atoms with Gasteiger partial charge in [-0.15, -0.1) is 0 Å². The highest BCUT2D eigenvalue weighted by atomic mass is 16.3. The second-order valence-corrected chi connectivity index (χ2v) is 8.46. The molecule has 0 radical (unpaired) electrons. The van der Waals surface area contributed by atoms with Crippen LogP contribution in [0.2, 0.25) is 0 Å². The number of pyridine rings is 1. The number of aromatic nitrogens is 1. The lowest BCUT2D eigenvalue weighted by Gasteiger charge is -2.44. The summed E-state index contributed by atoms with van der Waals surface area (Å²) in [6, 6.07) is 28.4. The summed E-state index contributed by atoms with van der Waals surface area (Å²) in [6.45, 7) is 1.77. The minimum atomic E-state index is -0.292. The first kappa shape index (κ1) is 21.3. The molecular formula is C28H27N3O2. The lowest BCUT2D eigenvalue weighted by Crippen LogP contribution is -2.57. The number of benzene rings is 3. The Morgan fingerprint density at radius 2 is 1.52 bits per heavy atom. The molecule has 1 aliphatic heterocycles. The number of rotatable bonds is 5. The van der Waals surface area contributed by atoms with E-state index in [-0.39, 0.29) is 24.6 Å². The molecule has 0 spiro atoms. The topological polar surface area (TPSA) is 56.7 Å². The van der Waals surface area contributed by atoms with Crippen molar-refractivity contribution in [1.82, 2.24) is 14.8 Å². The lowest BCUT2D eigenvalue weighted by molar-refractivity contribution is 0.0228. The van der Waals surface area contributed by atoms with Crippen molar-refractivity contribution >= 4 is 16.7 Å². The van der Waals surface area contributed by atoms with Crippen molar-refractivity contribution in [2.75, 3.05) is 26.2 Å². The Hall–Kier alpha value is -3.54. The largest absolute Gasteiger partial charge is 0.394 e. The van der Waals surface area contributed by atoms with E-state index >= 15 is 0 Å². The summed E-state index contributed by atoms with van der Waals surface area (Å²) in [5.41, 5.74) is 3.00. The van der Waals surface area contributed by atoms with Crippen molar-refractivity contribution in [3.8, 4) is 0 Å². The highest BCUT2D eigenvalue weighted by Gasteiger charge is 2.35. The van der Waals surface area contributed by atoms with Crippen LogP contribution in [0.15, 0.2) is 97.3 Å². The molecular weight excluding hydrogens is 410 g/mol. The summed E-state index contributed by atoms with van der Waals surface area (Å²) < 4.78 is 0. The van der Waals surface area contributed by atoms with Crippen LogP contribution in [0.3, 0.4) is 0 Å². The van der Waals surface area contributed by atoms with Gasteiger partial charge in [-0.2, -0.15) is 0 Å². The van der Waals surface area contributed by atoms with E-state index in [0.29, 0.717) is 18.7 Å². The third-order valence-corrected chi connectivity index (χ3v) is 6.48. The molecule has 5 rings (SSSR count). The monoisotopic (exact) mass is 437 g/mol. The maximum Gasteiger partial charge on any atom is 0.256 e. The van der Waals surface area contributed by atoms with Crippen LogP contribution in [0.4, 0.5) is 0 Å². The van der Waals surface area contributed by atoms with Crippen molar-refractivity contribution in [2.45, 2.75) is 12.1 Å². The molecule has 0 bridgehead atoms. The Balaban J connectivity index is 1.44. The maximum atomic E-state index is 13.6. The van der Waals surface area contributed by atoms with Crippen LogP contribution in [-0.4, -0.2) is 58.1 Å². The van der Waals surface area contributed by atoms with Gasteiger partial charge < -0.3 is 10.0 Å². The van der Waals surface area contributed by atoms with Gasteiger partial charge in [0.15, 0.2) is 0 Å². The molecule has 1 fully saturated rings. The minimum Gasteiger partial charge on any atom is -0.394 e. The summed E-state index contributed by atoms with van der Waals surface area (Å²) in [7, 11) is 0. The highest BCUT2D eigenvalue weighted by Crippen LogP contribution is 2.31. The molecule has 1 aromatic heterocycles. The van der Waals surface area contributed by atoms with Gasteiger partial charge in [-0.3, -0.25) is 14.7 Å². The van der Waals surface area contributed by atoms with E-state index in [0.717, 1.165) is 17.3 Å². The predicted molar refractivity (Wildman–Crippen MR) is 130 cm³/mol. The van der Waals surface area contributed by atoms with Crippen molar-refractivity contribution in [1.29, 1.82) is 0 Å². The molecule has 0 aliphatic carbocycles. The fourth-order valence-electron chi connectivity index (χ4n) is 4.86. The first-order valence-corrected chi connectivity index (χ1v) is 11.3. The second-order valence-electron chi connectivity index (χ2n) is 8.46. The number of nitrogens with zero attached hydrogens (tertiary/aromatic N) is 3. The quantitative estimate of drug-likeness (QED) is 0.510. The Morgan fingerprint density at radius 3 is 2.18 bits per heavy atom. The molecule has 1 atom stereocenters. The first-order chi connectivity index (χ1) is 16.3. The molecule has 1 aliphatic rings. The van der Waals surface area contributed by atoms with E-state index in [1.54, 1.807) is 12.4 Å². The van der Waals surface area contributed by atoms with Crippen molar-refractivity contribution in [2.24, 2.45) is 0 Å². The maximum absolute atomic E-state index is 13.6. The summed E-state index contributed by atoms with van der Waals surface area (Å²) in [6.07, 6.45) is 3.42. The molecule has 5 heteroatoms. The second kappa shape index (κ2) is 9.53. The molecule has 5 nitrogen and oxygen atoms in total. The number of carbonyl (C=O) groups excluding carboxylic acids is 1. The van der Waals surface area contributed by atoms with Gasteiger partial charge in [-0.1, -0.05) is 84.9 Å². The first-order valence-electron chi connectivity index (χ1n) is 11.3. The standard InChI is InChI=1S/C28H27N3O2/c32-20-24-19-30(27(21-9-3-1-4-10-21)22-11-5-2-6-12-22)15-16-31(24)28(33)26-18-29-17-23-13-7-8-14-25(23)26/h1-14,17-18,24,27,32H,15-16,19-20H2/t24-/m1/s1. The number of carbonyl (C=O) groups is 1. The number of aliphatic hydroxyl groups is 1. The van der Waals surface area contributed by atoms with E-state index < -0.39 is 0 Å². The fraction of sp³-hybridized carbons (Fsp3) is 0.214.